The second kappa shape index (κ2) is 6.08. The summed E-state index contributed by atoms with van der Waals surface area (Å²) in [6.07, 6.45) is 1.17. The van der Waals surface area contributed by atoms with Crippen LogP contribution in [0.25, 0.3) is 0 Å². The molecule has 4 nitrogen and oxygen atoms in total. The van der Waals surface area contributed by atoms with E-state index in [1.54, 1.807) is 0 Å². The minimum absolute atomic E-state index is 0.00955. The van der Waals surface area contributed by atoms with Gasteiger partial charge < -0.3 is 14.8 Å². The van der Waals surface area contributed by atoms with Gasteiger partial charge in [-0.15, -0.1) is 0 Å². The van der Waals surface area contributed by atoms with Gasteiger partial charge in [0.15, 0.2) is 0 Å². The molecule has 0 bridgehead atoms. The van der Waals surface area contributed by atoms with Crippen molar-refractivity contribution in [2.45, 2.75) is 45.8 Å². The van der Waals surface area contributed by atoms with Crippen LogP contribution in [0.3, 0.4) is 0 Å². The summed E-state index contributed by atoms with van der Waals surface area (Å²) in [5.41, 5.74) is 0.280. The first-order chi connectivity index (χ1) is 8.91. The minimum Gasteiger partial charge on any atom is -0.381 e. The summed E-state index contributed by atoms with van der Waals surface area (Å²) in [7, 11) is 0. The van der Waals surface area contributed by atoms with E-state index in [9.17, 15) is 0 Å². The van der Waals surface area contributed by atoms with Gasteiger partial charge >= 0.3 is 0 Å². The van der Waals surface area contributed by atoms with Gasteiger partial charge in [0.05, 0.1) is 18.8 Å². The lowest BCUT2D eigenvalue weighted by atomic mass is 9.85. The van der Waals surface area contributed by atoms with Gasteiger partial charge in [0.2, 0.25) is 0 Å². The standard InChI is InChI=1S/C15H30N2O2/c1-13(2)16-9-15(5-7-18-12-15)11-17-6-8-19-14(3,4)10-17/h13,16H,5-12H2,1-4H3. The second-order valence-electron chi connectivity index (χ2n) is 7.16. The Labute approximate surface area is 117 Å². The molecule has 2 rings (SSSR count). The normalized spacial score (nSPS) is 32.1. The number of nitrogens with zero attached hydrogens (tertiary/aromatic N) is 1. The zero-order chi connectivity index (χ0) is 13.9. The van der Waals surface area contributed by atoms with Crippen LogP contribution in [-0.2, 0) is 9.47 Å². The molecule has 0 aliphatic carbocycles. The molecule has 2 heterocycles. The molecule has 0 aromatic carbocycles. The highest BCUT2D eigenvalue weighted by Crippen LogP contribution is 2.31. The highest BCUT2D eigenvalue weighted by molar-refractivity contribution is 4.91. The lowest BCUT2D eigenvalue weighted by molar-refractivity contribution is -0.0946. The number of rotatable bonds is 5. The van der Waals surface area contributed by atoms with Crippen molar-refractivity contribution in [3.05, 3.63) is 0 Å². The highest BCUT2D eigenvalue weighted by atomic mass is 16.5. The number of hydrogen-bond donors (Lipinski definition) is 1. The third-order valence-electron chi connectivity index (χ3n) is 4.13. The summed E-state index contributed by atoms with van der Waals surface area (Å²) < 4.78 is 11.5. The predicted octanol–water partition coefficient (Wildman–Crippen LogP) is 1.50. The minimum atomic E-state index is -0.00955. The molecule has 112 valence electrons. The van der Waals surface area contributed by atoms with Crippen molar-refractivity contribution in [2.75, 3.05) is 46.0 Å². The van der Waals surface area contributed by atoms with Crippen LogP contribution in [0.4, 0.5) is 0 Å². The molecule has 2 aliphatic rings. The Balaban J connectivity index is 1.92. The van der Waals surface area contributed by atoms with Gasteiger partial charge in [-0.2, -0.15) is 0 Å². The highest BCUT2D eigenvalue weighted by Gasteiger charge is 2.38. The molecule has 2 fully saturated rings. The predicted molar refractivity (Wildman–Crippen MR) is 77.5 cm³/mol. The van der Waals surface area contributed by atoms with E-state index in [0.29, 0.717) is 6.04 Å². The Morgan fingerprint density at radius 3 is 2.63 bits per heavy atom. The van der Waals surface area contributed by atoms with Crippen molar-refractivity contribution >= 4 is 0 Å². The van der Waals surface area contributed by atoms with Crippen LogP contribution >= 0.6 is 0 Å². The van der Waals surface area contributed by atoms with Gasteiger partial charge in [0.1, 0.15) is 0 Å². The Morgan fingerprint density at radius 1 is 1.26 bits per heavy atom. The van der Waals surface area contributed by atoms with E-state index in [-0.39, 0.29) is 11.0 Å². The first kappa shape index (κ1) is 15.2. The fourth-order valence-electron chi connectivity index (χ4n) is 3.11. The van der Waals surface area contributed by atoms with Gasteiger partial charge in [-0.1, -0.05) is 13.8 Å². The van der Waals surface area contributed by atoms with Crippen LogP contribution in [0, 0.1) is 5.41 Å². The molecular formula is C15H30N2O2. The van der Waals surface area contributed by atoms with Crippen LogP contribution < -0.4 is 5.32 Å². The van der Waals surface area contributed by atoms with E-state index >= 15 is 0 Å². The Morgan fingerprint density at radius 2 is 2.05 bits per heavy atom. The fourth-order valence-corrected chi connectivity index (χ4v) is 3.11. The summed E-state index contributed by atoms with van der Waals surface area (Å²) in [4.78, 5) is 2.56. The van der Waals surface area contributed by atoms with Crippen LogP contribution in [0.5, 0.6) is 0 Å². The maximum atomic E-state index is 5.80. The third-order valence-corrected chi connectivity index (χ3v) is 4.13. The van der Waals surface area contributed by atoms with Crippen molar-refractivity contribution in [3.8, 4) is 0 Å². The second-order valence-corrected chi connectivity index (χ2v) is 7.16. The van der Waals surface area contributed by atoms with Crippen molar-refractivity contribution in [1.29, 1.82) is 0 Å². The topological polar surface area (TPSA) is 33.7 Å². The molecule has 4 heteroatoms. The number of nitrogens with one attached hydrogen (secondary N) is 1. The first-order valence-corrected chi connectivity index (χ1v) is 7.58. The average Bonchev–Trinajstić information content (AvgIpc) is 2.74. The SMILES string of the molecule is CC(C)NCC1(CN2CCOC(C)(C)C2)CCOC1. The molecule has 0 amide bonds. The van der Waals surface area contributed by atoms with E-state index in [2.05, 4.69) is 37.9 Å². The van der Waals surface area contributed by atoms with Crippen molar-refractivity contribution in [2.24, 2.45) is 5.41 Å². The van der Waals surface area contributed by atoms with Crippen LogP contribution in [0.1, 0.15) is 34.1 Å². The summed E-state index contributed by atoms with van der Waals surface area (Å²) in [5, 5.41) is 3.60. The zero-order valence-electron chi connectivity index (χ0n) is 13.0. The number of ether oxygens (including phenoxy) is 2. The molecule has 2 saturated heterocycles. The van der Waals surface area contributed by atoms with Gasteiger partial charge in [-0.25, -0.2) is 0 Å². The van der Waals surface area contributed by atoms with E-state index in [1.165, 1.54) is 6.42 Å². The molecule has 1 unspecified atom stereocenters. The summed E-state index contributed by atoms with van der Waals surface area (Å²) in [6, 6.07) is 0.540. The Hall–Kier alpha value is -0.160. The molecule has 0 radical (unpaired) electrons. The Bertz CT molecular complexity index is 286. The molecule has 19 heavy (non-hydrogen) atoms. The first-order valence-electron chi connectivity index (χ1n) is 7.58. The summed E-state index contributed by atoms with van der Waals surface area (Å²) in [5.74, 6) is 0. The average molecular weight is 270 g/mol. The fraction of sp³-hybridized carbons (Fsp3) is 1.00. The number of hydrogen-bond acceptors (Lipinski definition) is 4. The Kier molecular flexibility index (Phi) is 4.88. The van der Waals surface area contributed by atoms with Gasteiger partial charge in [0, 0.05) is 44.2 Å². The molecule has 0 spiro atoms. The van der Waals surface area contributed by atoms with Crippen molar-refractivity contribution < 1.29 is 9.47 Å². The van der Waals surface area contributed by atoms with E-state index < -0.39 is 0 Å². The molecule has 0 saturated carbocycles. The van der Waals surface area contributed by atoms with Crippen LogP contribution in [0.15, 0.2) is 0 Å². The molecule has 0 aromatic rings. The maximum absolute atomic E-state index is 5.80. The van der Waals surface area contributed by atoms with E-state index in [4.69, 9.17) is 9.47 Å². The van der Waals surface area contributed by atoms with Gasteiger partial charge in [0.25, 0.3) is 0 Å². The van der Waals surface area contributed by atoms with Gasteiger partial charge in [-0.05, 0) is 20.3 Å². The van der Waals surface area contributed by atoms with Crippen molar-refractivity contribution in [3.63, 3.8) is 0 Å². The molecular weight excluding hydrogens is 240 g/mol. The van der Waals surface area contributed by atoms with Crippen LogP contribution in [0.2, 0.25) is 0 Å². The molecule has 2 aliphatic heterocycles. The maximum Gasteiger partial charge on any atom is 0.0753 e. The van der Waals surface area contributed by atoms with E-state index in [0.717, 1.165) is 46.0 Å². The zero-order valence-corrected chi connectivity index (χ0v) is 13.0. The quantitative estimate of drug-likeness (QED) is 0.821. The van der Waals surface area contributed by atoms with Crippen LogP contribution in [-0.4, -0.2) is 62.5 Å². The summed E-state index contributed by atoms with van der Waals surface area (Å²) >= 11 is 0. The summed E-state index contributed by atoms with van der Waals surface area (Å²) in [6.45, 7) is 15.7. The van der Waals surface area contributed by atoms with Crippen molar-refractivity contribution in [1.82, 2.24) is 10.2 Å². The molecule has 1 N–H and O–H groups in total. The molecule has 0 aromatic heterocycles. The van der Waals surface area contributed by atoms with Gasteiger partial charge in [-0.3, -0.25) is 4.90 Å². The largest absolute Gasteiger partial charge is 0.381 e. The lowest BCUT2D eigenvalue weighted by Gasteiger charge is -2.42. The smallest absolute Gasteiger partial charge is 0.0753 e. The molecule has 1 atom stereocenters. The number of morpholine rings is 1. The third kappa shape index (κ3) is 4.42. The lowest BCUT2D eigenvalue weighted by Crippen LogP contribution is -2.53. The monoisotopic (exact) mass is 270 g/mol. The van der Waals surface area contributed by atoms with E-state index in [1.807, 2.05) is 0 Å².